The molecule has 25 heavy (non-hydrogen) atoms. The minimum atomic E-state index is -0.911. The Bertz CT molecular complexity index is 748. The van der Waals surface area contributed by atoms with Gasteiger partial charge in [-0.15, -0.1) is 11.8 Å². The minimum absolute atomic E-state index is 0.244. The predicted octanol–water partition coefficient (Wildman–Crippen LogP) is 3.58. The predicted molar refractivity (Wildman–Crippen MR) is 98.2 cm³/mol. The summed E-state index contributed by atoms with van der Waals surface area (Å²) in [7, 11) is 0. The maximum Gasteiger partial charge on any atom is 0.316 e. The molecule has 0 heterocycles. The van der Waals surface area contributed by atoms with Crippen LogP contribution in [0.1, 0.15) is 29.8 Å². The molecule has 2 aromatic carbocycles. The number of nitrogens with one attached hydrogen (secondary N) is 1. The molecule has 0 aliphatic carbocycles. The number of thioether (sulfide) groups is 1. The summed E-state index contributed by atoms with van der Waals surface area (Å²) in [6, 6.07) is 14.5. The number of hydrogen-bond acceptors (Lipinski definition) is 4. The lowest BCUT2D eigenvalue weighted by Gasteiger charge is -2.13. The highest BCUT2D eigenvalue weighted by Gasteiger charge is 2.18. The van der Waals surface area contributed by atoms with Gasteiger partial charge in [-0.05, 0) is 32.0 Å². The molecule has 0 fully saturated rings. The molecular weight excluding hydrogens is 338 g/mol. The van der Waals surface area contributed by atoms with Crippen molar-refractivity contribution >= 4 is 23.6 Å². The third-order valence-corrected chi connectivity index (χ3v) is 4.66. The second-order valence-corrected chi connectivity index (χ2v) is 6.70. The maximum atomic E-state index is 12.5. The zero-order valence-corrected chi connectivity index (χ0v) is 15.0. The summed E-state index contributed by atoms with van der Waals surface area (Å²) in [4.78, 5) is 24.3. The van der Waals surface area contributed by atoms with Crippen molar-refractivity contribution in [2.75, 3.05) is 6.61 Å². The van der Waals surface area contributed by atoms with E-state index in [1.165, 1.54) is 0 Å². The zero-order chi connectivity index (χ0) is 18.2. The van der Waals surface area contributed by atoms with E-state index < -0.39 is 11.2 Å². The molecule has 0 saturated heterocycles. The monoisotopic (exact) mass is 359 g/mol. The molecule has 0 aliphatic rings. The quantitative estimate of drug-likeness (QED) is 0.705. The highest BCUT2D eigenvalue weighted by atomic mass is 32.2. The van der Waals surface area contributed by atoms with Crippen molar-refractivity contribution in [3.63, 3.8) is 0 Å². The fourth-order valence-electron chi connectivity index (χ4n) is 2.21. The number of para-hydroxylation sites is 1. The van der Waals surface area contributed by atoms with Gasteiger partial charge in [0.2, 0.25) is 0 Å². The lowest BCUT2D eigenvalue weighted by molar-refractivity contribution is -0.136. The molecule has 0 saturated carbocycles. The van der Waals surface area contributed by atoms with E-state index in [0.29, 0.717) is 23.6 Å². The van der Waals surface area contributed by atoms with E-state index in [0.717, 1.165) is 23.1 Å². The number of carboxylic acid groups (broad SMARTS) is 1. The fourth-order valence-corrected chi connectivity index (χ4v) is 3.14. The molecule has 0 aliphatic heterocycles. The number of carboxylic acids is 1. The maximum absolute atomic E-state index is 12.5. The smallest absolute Gasteiger partial charge is 0.316 e. The van der Waals surface area contributed by atoms with Crippen LogP contribution in [-0.2, 0) is 11.3 Å². The number of benzene rings is 2. The summed E-state index contributed by atoms with van der Waals surface area (Å²) in [5, 5.41) is 11.3. The highest BCUT2D eigenvalue weighted by Crippen LogP contribution is 2.27. The molecule has 2 rings (SSSR count). The van der Waals surface area contributed by atoms with Crippen LogP contribution in [-0.4, -0.2) is 28.8 Å². The van der Waals surface area contributed by atoms with Gasteiger partial charge in [-0.25, -0.2) is 0 Å². The molecule has 1 atom stereocenters. The first-order valence-corrected chi connectivity index (χ1v) is 8.88. The van der Waals surface area contributed by atoms with Gasteiger partial charge in [0.1, 0.15) is 11.0 Å². The summed E-state index contributed by atoms with van der Waals surface area (Å²) < 4.78 is 5.56. The molecule has 0 bridgehead atoms. The second-order valence-electron chi connectivity index (χ2n) is 5.32. The number of carbonyl (C=O) groups is 2. The first-order valence-electron chi connectivity index (χ1n) is 8.00. The van der Waals surface area contributed by atoms with Crippen LogP contribution in [0.5, 0.6) is 5.75 Å². The van der Waals surface area contributed by atoms with Crippen LogP contribution in [0.4, 0.5) is 0 Å². The largest absolute Gasteiger partial charge is 0.494 e. The minimum Gasteiger partial charge on any atom is -0.494 e. The van der Waals surface area contributed by atoms with E-state index in [1.807, 2.05) is 31.2 Å². The van der Waals surface area contributed by atoms with Crippen molar-refractivity contribution in [3.05, 3.63) is 59.7 Å². The molecule has 0 aromatic heterocycles. The van der Waals surface area contributed by atoms with Crippen molar-refractivity contribution in [2.24, 2.45) is 0 Å². The second kappa shape index (κ2) is 9.13. The van der Waals surface area contributed by atoms with E-state index in [9.17, 15) is 9.59 Å². The summed E-state index contributed by atoms with van der Waals surface area (Å²) in [6.45, 7) is 4.40. The standard InChI is InChI=1S/C19H21NO4S/c1-3-24-16-10-6-4-8-14(16)12-20-18(21)15-9-5-7-11-17(15)25-13(2)19(22)23/h4-11,13H,3,12H2,1-2H3,(H,20,21)(H,22,23). The first-order chi connectivity index (χ1) is 12.0. The van der Waals surface area contributed by atoms with E-state index in [2.05, 4.69) is 5.32 Å². The number of carbonyl (C=O) groups excluding carboxylic acids is 1. The molecule has 6 heteroatoms. The normalized spacial score (nSPS) is 11.6. The van der Waals surface area contributed by atoms with E-state index in [4.69, 9.17) is 9.84 Å². The zero-order valence-electron chi connectivity index (χ0n) is 14.2. The summed E-state index contributed by atoms with van der Waals surface area (Å²) in [6.07, 6.45) is 0. The van der Waals surface area contributed by atoms with Crippen LogP contribution >= 0.6 is 11.8 Å². The van der Waals surface area contributed by atoms with Crippen molar-refractivity contribution in [3.8, 4) is 5.75 Å². The topological polar surface area (TPSA) is 75.6 Å². The van der Waals surface area contributed by atoms with Gasteiger partial charge in [0, 0.05) is 17.0 Å². The third-order valence-electron chi connectivity index (χ3n) is 3.50. The molecule has 1 unspecified atom stereocenters. The molecule has 0 radical (unpaired) electrons. The van der Waals surface area contributed by atoms with Gasteiger partial charge in [-0.3, -0.25) is 9.59 Å². The van der Waals surface area contributed by atoms with Crippen molar-refractivity contribution in [1.82, 2.24) is 5.32 Å². The third kappa shape index (κ3) is 5.26. The van der Waals surface area contributed by atoms with Gasteiger partial charge in [0.05, 0.1) is 12.2 Å². The number of ether oxygens (including phenoxy) is 1. The van der Waals surface area contributed by atoms with Crippen molar-refractivity contribution in [2.45, 2.75) is 30.5 Å². The molecule has 2 N–H and O–H groups in total. The molecule has 5 nitrogen and oxygen atoms in total. The van der Waals surface area contributed by atoms with Crippen LogP contribution < -0.4 is 10.1 Å². The molecule has 2 aromatic rings. The van der Waals surface area contributed by atoms with Crippen molar-refractivity contribution < 1.29 is 19.4 Å². The van der Waals surface area contributed by atoms with Gasteiger partial charge in [-0.1, -0.05) is 30.3 Å². The highest BCUT2D eigenvalue weighted by molar-refractivity contribution is 8.00. The number of aliphatic carboxylic acids is 1. The Labute approximate surface area is 151 Å². The van der Waals surface area contributed by atoms with Crippen LogP contribution in [0, 0.1) is 0 Å². The Hall–Kier alpha value is -2.47. The van der Waals surface area contributed by atoms with Crippen LogP contribution in [0.3, 0.4) is 0 Å². The van der Waals surface area contributed by atoms with E-state index in [1.54, 1.807) is 31.2 Å². The Morgan fingerprint density at radius 3 is 2.56 bits per heavy atom. The Morgan fingerprint density at radius 2 is 1.84 bits per heavy atom. The van der Waals surface area contributed by atoms with Crippen molar-refractivity contribution in [1.29, 1.82) is 0 Å². The number of amides is 1. The molecule has 0 spiro atoms. The average molecular weight is 359 g/mol. The average Bonchev–Trinajstić information content (AvgIpc) is 2.61. The van der Waals surface area contributed by atoms with Gasteiger partial charge in [-0.2, -0.15) is 0 Å². The lowest BCUT2D eigenvalue weighted by atomic mass is 10.1. The number of rotatable bonds is 8. The molecule has 132 valence electrons. The summed E-state index contributed by atoms with van der Waals surface area (Å²) in [5.41, 5.74) is 1.36. The fraction of sp³-hybridized carbons (Fsp3) is 0.263. The van der Waals surface area contributed by atoms with Gasteiger partial charge >= 0.3 is 5.97 Å². The van der Waals surface area contributed by atoms with E-state index in [-0.39, 0.29) is 5.91 Å². The Morgan fingerprint density at radius 1 is 1.16 bits per heavy atom. The number of hydrogen-bond donors (Lipinski definition) is 2. The van der Waals surface area contributed by atoms with Crippen LogP contribution in [0.2, 0.25) is 0 Å². The van der Waals surface area contributed by atoms with Gasteiger partial charge in [0.15, 0.2) is 0 Å². The summed E-state index contributed by atoms with van der Waals surface area (Å²) in [5.74, 6) is -0.412. The van der Waals surface area contributed by atoms with Gasteiger partial charge in [0.25, 0.3) is 5.91 Å². The SMILES string of the molecule is CCOc1ccccc1CNC(=O)c1ccccc1SC(C)C(=O)O. The molecular formula is C19H21NO4S. The van der Waals surface area contributed by atoms with Crippen LogP contribution in [0.25, 0.3) is 0 Å². The van der Waals surface area contributed by atoms with E-state index >= 15 is 0 Å². The Kier molecular flexibility index (Phi) is 6.89. The van der Waals surface area contributed by atoms with Gasteiger partial charge < -0.3 is 15.2 Å². The lowest BCUT2D eigenvalue weighted by Crippen LogP contribution is -2.24. The van der Waals surface area contributed by atoms with Crippen LogP contribution in [0.15, 0.2) is 53.4 Å². The molecule has 1 amide bonds. The first kappa shape index (κ1) is 18.9. The summed E-state index contributed by atoms with van der Waals surface area (Å²) >= 11 is 1.15. The Balaban J connectivity index is 2.10.